The van der Waals surface area contributed by atoms with Gasteiger partial charge in [0, 0.05) is 17.1 Å². The van der Waals surface area contributed by atoms with Gasteiger partial charge in [0.25, 0.3) is 0 Å². The normalized spacial score (nSPS) is 18.2. The molecule has 0 fully saturated rings. The van der Waals surface area contributed by atoms with Gasteiger partial charge in [-0.05, 0) is 23.8 Å². The molecule has 0 aromatic heterocycles. The lowest BCUT2D eigenvalue weighted by Crippen LogP contribution is -2.40. The third-order valence-corrected chi connectivity index (χ3v) is 3.32. The van der Waals surface area contributed by atoms with Crippen molar-refractivity contribution < 1.29 is 9.53 Å². The Labute approximate surface area is 121 Å². The molecule has 1 aliphatic rings. The zero-order valence-electron chi connectivity index (χ0n) is 10.5. The Morgan fingerprint density at radius 3 is 2.63 bits per heavy atom. The van der Waals surface area contributed by atoms with Gasteiger partial charge in [0.1, 0.15) is 0 Å². The van der Waals surface area contributed by atoms with E-state index in [9.17, 15) is 4.79 Å². The number of hydrogen-bond acceptors (Lipinski definition) is 4. The highest BCUT2D eigenvalue weighted by atomic mass is 35.5. The summed E-state index contributed by atoms with van der Waals surface area (Å²) in [6, 6.07) is 5.34. The van der Waals surface area contributed by atoms with Gasteiger partial charge in [-0.1, -0.05) is 23.2 Å². The minimum atomic E-state index is -0.546. The molecule has 102 valence electrons. The highest BCUT2D eigenvalue weighted by Gasteiger charge is 2.27. The van der Waals surface area contributed by atoms with Crippen LogP contribution in [0.1, 0.15) is 11.6 Å². The van der Waals surface area contributed by atoms with Crippen molar-refractivity contribution in [3.8, 4) is 0 Å². The molecule has 0 saturated heterocycles. The van der Waals surface area contributed by atoms with Crippen molar-refractivity contribution in [1.29, 1.82) is 0 Å². The average molecular weight is 302 g/mol. The Balaban J connectivity index is 2.15. The number of ether oxygens (including phenoxy) is 1. The lowest BCUT2D eigenvalue weighted by molar-refractivity contribution is 0.175. The Hall–Kier alpha value is -1.46. The van der Waals surface area contributed by atoms with Gasteiger partial charge in [0.05, 0.1) is 19.7 Å². The standard InChI is InChI=1S/C12H13Cl2N3O2/c1-17-10(6-15-11(17)16-12(18)19-2)7-3-8(13)5-9(14)4-7/h3-5,10H,6H2,1-2H3,(H,15,16,18). The first kappa shape index (κ1) is 14.0. The molecule has 0 aliphatic carbocycles. The molecule has 1 aliphatic heterocycles. The number of halogens is 2. The zero-order chi connectivity index (χ0) is 14.0. The van der Waals surface area contributed by atoms with Gasteiger partial charge in [0.2, 0.25) is 5.96 Å². The number of carbonyl (C=O) groups is 1. The molecule has 0 radical (unpaired) electrons. The second-order valence-electron chi connectivity index (χ2n) is 4.11. The third kappa shape index (κ3) is 3.11. The van der Waals surface area contributed by atoms with Gasteiger partial charge in [-0.2, -0.15) is 0 Å². The summed E-state index contributed by atoms with van der Waals surface area (Å²) < 4.78 is 4.54. The van der Waals surface area contributed by atoms with E-state index in [0.717, 1.165) is 5.56 Å². The largest absolute Gasteiger partial charge is 0.453 e. The molecular formula is C12H13Cl2N3O2. The van der Waals surface area contributed by atoms with Crippen molar-refractivity contribution in [2.75, 3.05) is 20.7 Å². The molecule has 1 atom stereocenters. The van der Waals surface area contributed by atoms with E-state index in [1.54, 1.807) is 6.07 Å². The molecule has 2 rings (SSSR count). The molecule has 1 aromatic rings. The summed E-state index contributed by atoms with van der Waals surface area (Å²) in [6.45, 7) is 0.520. The predicted octanol–water partition coefficient (Wildman–Crippen LogP) is 2.69. The van der Waals surface area contributed by atoms with Crippen LogP contribution in [-0.2, 0) is 4.74 Å². The van der Waals surface area contributed by atoms with E-state index in [-0.39, 0.29) is 6.04 Å². The maximum Gasteiger partial charge on any atom is 0.413 e. The van der Waals surface area contributed by atoms with Crippen molar-refractivity contribution in [2.45, 2.75) is 6.04 Å². The number of benzene rings is 1. The van der Waals surface area contributed by atoms with Crippen LogP contribution in [0.5, 0.6) is 0 Å². The number of aliphatic imine (C=N–C) groups is 1. The third-order valence-electron chi connectivity index (χ3n) is 2.88. The fraction of sp³-hybridized carbons (Fsp3) is 0.333. The number of guanidine groups is 1. The Morgan fingerprint density at radius 1 is 1.42 bits per heavy atom. The number of nitrogens with zero attached hydrogens (tertiary/aromatic N) is 2. The predicted molar refractivity (Wildman–Crippen MR) is 74.8 cm³/mol. The van der Waals surface area contributed by atoms with Crippen LogP contribution in [0.4, 0.5) is 4.79 Å². The van der Waals surface area contributed by atoms with Gasteiger partial charge < -0.3 is 9.64 Å². The van der Waals surface area contributed by atoms with Crippen LogP contribution >= 0.6 is 23.2 Å². The van der Waals surface area contributed by atoms with Crippen molar-refractivity contribution in [1.82, 2.24) is 10.2 Å². The van der Waals surface area contributed by atoms with Crippen molar-refractivity contribution in [3.63, 3.8) is 0 Å². The summed E-state index contributed by atoms with van der Waals surface area (Å²) in [5, 5.41) is 3.70. The van der Waals surface area contributed by atoms with Gasteiger partial charge >= 0.3 is 6.09 Å². The maximum atomic E-state index is 11.2. The van der Waals surface area contributed by atoms with E-state index >= 15 is 0 Å². The van der Waals surface area contributed by atoms with Crippen LogP contribution in [0.2, 0.25) is 10.0 Å². The highest BCUT2D eigenvalue weighted by Crippen LogP contribution is 2.29. The maximum absolute atomic E-state index is 11.2. The number of likely N-dealkylation sites (N-methyl/N-ethyl adjacent to an activating group) is 1. The second-order valence-corrected chi connectivity index (χ2v) is 4.98. The molecule has 1 amide bonds. The lowest BCUT2D eigenvalue weighted by atomic mass is 10.1. The van der Waals surface area contributed by atoms with E-state index in [2.05, 4.69) is 15.0 Å². The fourth-order valence-electron chi connectivity index (χ4n) is 1.92. The monoisotopic (exact) mass is 301 g/mol. The van der Waals surface area contributed by atoms with Gasteiger partial charge in [-0.3, -0.25) is 10.3 Å². The average Bonchev–Trinajstić information content (AvgIpc) is 2.69. The van der Waals surface area contributed by atoms with Crippen molar-refractivity contribution >= 4 is 35.3 Å². The lowest BCUT2D eigenvalue weighted by Gasteiger charge is -2.23. The number of nitrogens with one attached hydrogen (secondary N) is 1. The number of methoxy groups -OCH3 is 1. The second kappa shape index (κ2) is 5.67. The molecule has 19 heavy (non-hydrogen) atoms. The topological polar surface area (TPSA) is 53.9 Å². The first-order valence-corrected chi connectivity index (χ1v) is 6.35. The van der Waals surface area contributed by atoms with Crippen molar-refractivity contribution in [3.05, 3.63) is 33.8 Å². The van der Waals surface area contributed by atoms with Gasteiger partial charge in [0.15, 0.2) is 0 Å². The fourth-order valence-corrected chi connectivity index (χ4v) is 2.46. The molecule has 0 saturated carbocycles. The van der Waals surface area contributed by atoms with Crippen LogP contribution in [0.25, 0.3) is 0 Å². The summed E-state index contributed by atoms with van der Waals surface area (Å²) in [7, 11) is 3.14. The van der Waals surface area contributed by atoms with Crippen LogP contribution < -0.4 is 5.32 Å². The molecule has 1 aromatic carbocycles. The van der Waals surface area contributed by atoms with E-state index in [4.69, 9.17) is 23.2 Å². The zero-order valence-corrected chi connectivity index (χ0v) is 12.0. The number of amides is 1. The van der Waals surface area contributed by atoms with Gasteiger partial charge in [-0.25, -0.2) is 4.79 Å². The first-order valence-electron chi connectivity index (χ1n) is 5.59. The molecule has 7 heteroatoms. The minimum absolute atomic E-state index is 0.0108. The summed E-state index contributed by atoms with van der Waals surface area (Å²) in [4.78, 5) is 17.3. The number of rotatable bonds is 1. The summed E-state index contributed by atoms with van der Waals surface area (Å²) in [5.74, 6) is 0.466. The SMILES string of the molecule is COC(=O)NC1=NCC(c2cc(Cl)cc(Cl)c2)N1C. The molecular weight excluding hydrogens is 289 g/mol. The smallest absolute Gasteiger partial charge is 0.413 e. The molecule has 1 heterocycles. The van der Waals surface area contributed by atoms with E-state index in [1.807, 2.05) is 24.1 Å². The highest BCUT2D eigenvalue weighted by molar-refractivity contribution is 6.34. The summed E-state index contributed by atoms with van der Waals surface area (Å²) in [6.07, 6.45) is -0.546. The number of hydrogen-bond donors (Lipinski definition) is 1. The summed E-state index contributed by atoms with van der Waals surface area (Å²) in [5.41, 5.74) is 0.949. The molecule has 0 spiro atoms. The van der Waals surface area contributed by atoms with Crippen LogP contribution in [0, 0.1) is 0 Å². The Kier molecular flexibility index (Phi) is 4.17. The first-order chi connectivity index (χ1) is 9.01. The summed E-state index contributed by atoms with van der Waals surface area (Å²) >= 11 is 12.0. The van der Waals surface area contributed by atoms with E-state index < -0.39 is 6.09 Å². The minimum Gasteiger partial charge on any atom is -0.453 e. The quantitative estimate of drug-likeness (QED) is 0.868. The molecule has 0 bridgehead atoms. The van der Waals surface area contributed by atoms with Crippen LogP contribution in [0.15, 0.2) is 23.2 Å². The Bertz CT molecular complexity index is 513. The van der Waals surface area contributed by atoms with Crippen LogP contribution in [0.3, 0.4) is 0 Å². The van der Waals surface area contributed by atoms with Crippen molar-refractivity contribution in [2.24, 2.45) is 4.99 Å². The number of alkyl carbamates (subject to hydrolysis) is 1. The molecule has 1 unspecified atom stereocenters. The van der Waals surface area contributed by atoms with E-state index in [0.29, 0.717) is 22.5 Å². The molecule has 5 nitrogen and oxygen atoms in total. The number of carbonyl (C=O) groups excluding carboxylic acids is 1. The molecule has 1 N–H and O–H groups in total. The van der Waals surface area contributed by atoms with Gasteiger partial charge in [-0.15, -0.1) is 0 Å². The van der Waals surface area contributed by atoms with E-state index in [1.165, 1.54) is 7.11 Å². The Morgan fingerprint density at radius 2 is 2.05 bits per heavy atom. The van der Waals surface area contributed by atoms with Crippen LogP contribution in [-0.4, -0.2) is 37.7 Å².